The molecule has 5 heteroatoms. The van der Waals surface area contributed by atoms with Crippen LogP contribution >= 0.6 is 0 Å². The van der Waals surface area contributed by atoms with Gasteiger partial charge in [0.2, 0.25) is 0 Å². The fourth-order valence-electron chi connectivity index (χ4n) is 3.18. The van der Waals surface area contributed by atoms with Gasteiger partial charge in [-0.2, -0.15) is 0 Å². The van der Waals surface area contributed by atoms with Crippen molar-refractivity contribution in [3.05, 3.63) is 78.0 Å². The van der Waals surface area contributed by atoms with E-state index < -0.39 is 5.92 Å². The predicted octanol–water partition coefficient (Wildman–Crippen LogP) is 6.81. The number of nitrogens with one attached hydrogen (secondary N) is 1. The maximum absolute atomic E-state index is 14.0. The lowest BCUT2D eigenvalue weighted by atomic mass is 10.0. The number of halogens is 2. The minimum atomic E-state index is -2.85. The summed E-state index contributed by atoms with van der Waals surface area (Å²) in [5, 5.41) is 0. The Morgan fingerprint density at radius 3 is 2.39 bits per heavy atom. The lowest BCUT2D eigenvalue weighted by molar-refractivity contribution is -0.00824. The highest BCUT2D eigenvalue weighted by Crippen LogP contribution is 2.35. The zero-order valence-electron chi connectivity index (χ0n) is 15.7. The molecule has 0 saturated heterocycles. The summed E-state index contributed by atoms with van der Waals surface area (Å²) < 4.78 is 34.0. The molecule has 4 aromatic rings. The van der Waals surface area contributed by atoms with E-state index in [1.807, 2.05) is 37.3 Å². The first-order valence-electron chi connectivity index (χ1n) is 9.19. The van der Waals surface area contributed by atoms with Gasteiger partial charge < -0.3 is 9.40 Å². The monoisotopic (exact) mass is 378 g/mol. The van der Waals surface area contributed by atoms with Gasteiger partial charge in [-0.3, -0.25) is 0 Å². The van der Waals surface area contributed by atoms with E-state index in [2.05, 4.69) is 9.97 Å². The molecule has 0 fully saturated rings. The Morgan fingerprint density at radius 2 is 1.64 bits per heavy atom. The number of imidazole rings is 1. The largest absolute Gasteiger partial charge is 0.453 e. The summed E-state index contributed by atoms with van der Waals surface area (Å²) in [4.78, 5) is 7.90. The molecule has 0 atom stereocenters. The van der Waals surface area contributed by atoms with Crippen molar-refractivity contribution in [2.24, 2.45) is 0 Å². The third-order valence-electron chi connectivity index (χ3n) is 4.78. The van der Waals surface area contributed by atoms with E-state index in [-0.39, 0.29) is 12.0 Å². The van der Waals surface area contributed by atoms with Crippen LogP contribution in [0, 0.1) is 6.92 Å². The SMILES string of the molecule is CCC(F)(F)c1cccc(-c2ccc(-c3nc(-c4ccccc4)c(C)[nH]3)o2)c1. The second-order valence-corrected chi connectivity index (χ2v) is 6.73. The number of aromatic nitrogens is 2. The van der Waals surface area contributed by atoms with Crippen molar-refractivity contribution in [3.8, 4) is 34.2 Å². The van der Waals surface area contributed by atoms with Crippen molar-refractivity contribution in [3.63, 3.8) is 0 Å². The summed E-state index contributed by atoms with van der Waals surface area (Å²) in [6.07, 6.45) is -0.242. The van der Waals surface area contributed by atoms with Gasteiger partial charge in [0.15, 0.2) is 11.6 Å². The van der Waals surface area contributed by atoms with Crippen molar-refractivity contribution >= 4 is 0 Å². The lowest BCUT2D eigenvalue weighted by Gasteiger charge is -2.14. The van der Waals surface area contributed by atoms with Crippen LogP contribution in [0.2, 0.25) is 0 Å². The van der Waals surface area contributed by atoms with Crippen LogP contribution in [-0.4, -0.2) is 9.97 Å². The van der Waals surface area contributed by atoms with Gasteiger partial charge in [0, 0.05) is 28.8 Å². The number of benzene rings is 2. The lowest BCUT2D eigenvalue weighted by Crippen LogP contribution is -2.11. The number of H-pyrrole nitrogens is 1. The van der Waals surface area contributed by atoms with Gasteiger partial charge in [-0.05, 0) is 25.1 Å². The minimum absolute atomic E-state index is 0.00865. The molecule has 2 aromatic heterocycles. The van der Waals surface area contributed by atoms with Gasteiger partial charge in [0.1, 0.15) is 5.76 Å². The fourth-order valence-corrected chi connectivity index (χ4v) is 3.18. The molecule has 0 spiro atoms. The molecule has 2 heterocycles. The molecule has 3 nitrogen and oxygen atoms in total. The molecule has 0 aliphatic carbocycles. The van der Waals surface area contributed by atoms with Crippen molar-refractivity contribution in [2.45, 2.75) is 26.2 Å². The van der Waals surface area contributed by atoms with Gasteiger partial charge in [-0.15, -0.1) is 0 Å². The number of aromatic amines is 1. The number of furan rings is 1. The van der Waals surface area contributed by atoms with Crippen LogP contribution in [0.5, 0.6) is 0 Å². The molecule has 142 valence electrons. The van der Waals surface area contributed by atoms with Crippen LogP contribution in [0.25, 0.3) is 34.2 Å². The highest BCUT2D eigenvalue weighted by Gasteiger charge is 2.29. The summed E-state index contributed by atoms with van der Waals surface area (Å²) in [5.74, 6) is -1.15. The van der Waals surface area contributed by atoms with Crippen LogP contribution in [0.15, 0.2) is 71.1 Å². The van der Waals surface area contributed by atoms with Gasteiger partial charge in [-0.25, -0.2) is 13.8 Å². The van der Waals surface area contributed by atoms with Crippen LogP contribution in [0.3, 0.4) is 0 Å². The third-order valence-corrected chi connectivity index (χ3v) is 4.78. The third kappa shape index (κ3) is 3.36. The zero-order valence-corrected chi connectivity index (χ0v) is 15.7. The van der Waals surface area contributed by atoms with E-state index in [0.29, 0.717) is 22.9 Å². The maximum atomic E-state index is 14.0. The Kier molecular flexibility index (Phi) is 4.59. The van der Waals surface area contributed by atoms with Crippen LogP contribution in [0.4, 0.5) is 8.78 Å². The topological polar surface area (TPSA) is 41.8 Å². The quantitative estimate of drug-likeness (QED) is 0.414. The second kappa shape index (κ2) is 7.08. The molecule has 0 aliphatic rings. The predicted molar refractivity (Wildman–Crippen MR) is 106 cm³/mol. The summed E-state index contributed by atoms with van der Waals surface area (Å²) in [6.45, 7) is 3.43. The van der Waals surface area contributed by atoms with Crippen molar-refractivity contribution in [1.82, 2.24) is 9.97 Å². The smallest absolute Gasteiger partial charge is 0.273 e. The molecular formula is C23H20F2N2O. The maximum Gasteiger partial charge on any atom is 0.273 e. The fraction of sp³-hybridized carbons (Fsp3) is 0.174. The molecule has 0 bridgehead atoms. The normalized spacial score (nSPS) is 11.7. The summed E-state index contributed by atoms with van der Waals surface area (Å²) in [5.41, 5.74) is 3.42. The molecule has 2 aromatic carbocycles. The number of aryl methyl sites for hydroxylation is 1. The summed E-state index contributed by atoms with van der Waals surface area (Å²) >= 11 is 0. The molecule has 0 unspecified atom stereocenters. The van der Waals surface area contributed by atoms with E-state index in [1.54, 1.807) is 24.3 Å². The Balaban J connectivity index is 1.67. The van der Waals surface area contributed by atoms with Crippen LogP contribution in [0.1, 0.15) is 24.6 Å². The molecule has 4 rings (SSSR count). The summed E-state index contributed by atoms with van der Waals surface area (Å²) in [7, 11) is 0. The average molecular weight is 378 g/mol. The molecule has 0 radical (unpaired) electrons. The minimum Gasteiger partial charge on any atom is -0.453 e. The van der Waals surface area contributed by atoms with E-state index in [9.17, 15) is 8.78 Å². The van der Waals surface area contributed by atoms with E-state index in [0.717, 1.165) is 17.0 Å². The first kappa shape index (κ1) is 18.2. The molecule has 28 heavy (non-hydrogen) atoms. The first-order valence-corrected chi connectivity index (χ1v) is 9.19. The van der Waals surface area contributed by atoms with E-state index >= 15 is 0 Å². The van der Waals surface area contributed by atoms with Gasteiger partial charge in [0.25, 0.3) is 5.92 Å². The first-order chi connectivity index (χ1) is 13.5. The number of nitrogens with zero attached hydrogens (tertiary/aromatic N) is 1. The van der Waals surface area contributed by atoms with Crippen LogP contribution < -0.4 is 0 Å². The van der Waals surface area contributed by atoms with Crippen LogP contribution in [-0.2, 0) is 5.92 Å². The number of alkyl halides is 2. The summed E-state index contributed by atoms with van der Waals surface area (Å²) in [6, 6.07) is 19.8. The molecule has 1 N–H and O–H groups in total. The van der Waals surface area contributed by atoms with Crippen molar-refractivity contribution in [1.29, 1.82) is 0 Å². The molecule has 0 saturated carbocycles. The number of rotatable bonds is 5. The Labute approximate surface area is 162 Å². The molecular weight excluding hydrogens is 358 g/mol. The zero-order chi connectivity index (χ0) is 19.7. The number of hydrogen-bond donors (Lipinski definition) is 1. The van der Waals surface area contributed by atoms with Crippen molar-refractivity contribution < 1.29 is 13.2 Å². The van der Waals surface area contributed by atoms with Gasteiger partial charge in [-0.1, -0.05) is 55.5 Å². The second-order valence-electron chi connectivity index (χ2n) is 6.73. The number of hydrogen-bond acceptors (Lipinski definition) is 2. The Morgan fingerprint density at radius 1 is 0.929 bits per heavy atom. The Hall–Kier alpha value is -3.21. The van der Waals surface area contributed by atoms with E-state index in [1.165, 1.54) is 19.1 Å². The van der Waals surface area contributed by atoms with Gasteiger partial charge in [0.05, 0.1) is 5.69 Å². The molecule has 0 aliphatic heterocycles. The highest BCUT2D eigenvalue weighted by molar-refractivity contribution is 5.67. The van der Waals surface area contributed by atoms with Crippen molar-refractivity contribution in [2.75, 3.05) is 0 Å². The van der Waals surface area contributed by atoms with Gasteiger partial charge >= 0.3 is 0 Å². The highest BCUT2D eigenvalue weighted by atomic mass is 19.3. The Bertz CT molecular complexity index is 1100. The molecule has 0 amide bonds. The standard InChI is InChI=1S/C23H20F2N2O/c1-3-23(24,25)18-11-7-10-17(14-18)19-12-13-20(28-19)22-26-15(2)21(27-22)16-8-5-4-6-9-16/h4-14H,3H2,1-2H3,(H,26,27). The average Bonchev–Trinajstić information content (AvgIpc) is 3.36. The van der Waals surface area contributed by atoms with E-state index in [4.69, 9.17) is 4.42 Å².